The first-order valence-electron chi connectivity index (χ1n) is 7.21. The highest BCUT2D eigenvalue weighted by atomic mass is 35.5. The van der Waals surface area contributed by atoms with Crippen LogP contribution in [0.1, 0.15) is 35.2 Å². The van der Waals surface area contributed by atoms with Crippen LogP contribution >= 0.6 is 12.4 Å². The normalized spacial score (nSPS) is 15.8. The van der Waals surface area contributed by atoms with Crippen LogP contribution in [0.15, 0.2) is 24.3 Å². The van der Waals surface area contributed by atoms with Crippen LogP contribution in [-0.2, 0) is 0 Å². The van der Waals surface area contributed by atoms with Gasteiger partial charge in [-0.1, -0.05) is 17.7 Å². The molecule has 0 saturated carbocycles. The van der Waals surface area contributed by atoms with Crippen molar-refractivity contribution < 1.29 is 4.79 Å². The van der Waals surface area contributed by atoms with Crippen molar-refractivity contribution in [2.75, 3.05) is 26.7 Å². The summed E-state index contributed by atoms with van der Waals surface area (Å²) in [4.78, 5) is 14.4. The van der Waals surface area contributed by atoms with Gasteiger partial charge in [-0.2, -0.15) is 0 Å². The third-order valence-electron chi connectivity index (χ3n) is 3.97. The van der Waals surface area contributed by atoms with Crippen molar-refractivity contribution in [3.05, 3.63) is 35.4 Å². The fourth-order valence-corrected chi connectivity index (χ4v) is 2.73. The van der Waals surface area contributed by atoms with E-state index in [9.17, 15) is 4.79 Å². The number of amides is 1. The van der Waals surface area contributed by atoms with Gasteiger partial charge in [0, 0.05) is 18.7 Å². The van der Waals surface area contributed by atoms with Crippen LogP contribution in [0.3, 0.4) is 0 Å². The molecule has 1 aromatic carbocycles. The van der Waals surface area contributed by atoms with E-state index >= 15 is 0 Å². The molecule has 1 fully saturated rings. The van der Waals surface area contributed by atoms with Gasteiger partial charge in [-0.3, -0.25) is 4.79 Å². The fraction of sp³-hybridized carbons (Fsp3) is 0.562. The third kappa shape index (κ3) is 4.50. The maximum atomic E-state index is 12.4. The van der Waals surface area contributed by atoms with E-state index in [0.29, 0.717) is 0 Å². The van der Waals surface area contributed by atoms with Crippen molar-refractivity contribution in [2.24, 2.45) is 5.92 Å². The zero-order valence-electron chi connectivity index (χ0n) is 12.4. The Morgan fingerprint density at radius 1 is 1.35 bits per heavy atom. The van der Waals surface area contributed by atoms with E-state index in [2.05, 4.69) is 5.32 Å². The van der Waals surface area contributed by atoms with Crippen molar-refractivity contribution in [3.8, 4) is 0 Å². The number of hydrogen-bond acceptors (Lipinski definition) is 2. The third-order valence-corrected chi connectivity index (χ3v) is 3.97. The van der Waals surface area contributed by atoms with E-state index in [0.717, 1.165) is 49.5 Å². The van der Waals surface area contributed by atoms with Gasteiger partial charge >= 0.3 is 0 Å². The maximum absolute atomic E-state index is 12.4. The van der Waals surface area contributed by atoms with E-state index in [1.165, 1.54) is 6.42 Å². The molecule has 1 N–H and O–H groups in total. The number of hydrogen-bond donors (Lipinski definition) is 1. The Kier molecular flexibility index (Phi) is 7.03. The zero-order valence-corrected chi connectivity index (χ0v) is 13.2. The summed E-state index contributed by atoms with van der Waals surface area (Å²) in [5, 5.41) is 3.20. The number of piperidine rings is 1. The predicted molar refractivity (Wildman–Crippen MR) is 85.6 cm³/mol. The molecule has 3 nitrogen and oxygen atoms in total. The molecule has 20 heavy (non-hydrogen) atoms. The molecule has 0 aliphatic carbocycles. The van der Waals surface area contributed by atoms with Crippen LogP contribution in [0.4, 0.5) is 0 Å². The van der Waals surface area contributed by atoms with Gasteiger partial charge in [-0.25, -0.2) is 0 Å². The lowest BCUT2D eigenvalue weighted by molar-refractivity contribution is 0.0687. The first-order chi connectivity index (χ1) is 9.20. The van der Waals surface area contributed by atoms with Crippen LogP contribution in [0.2, 0.25) is 0 Å². The molecule has 1 aromatic rings. The standard InChI is InChI=1S/C16H24N2O.ClH/c1-13-4-3-5-15(12-13)16(19)18-10-7-14(8-11-18)6-9-17-2;/h3-5,12,14,17H,6-11H2,1-2H3;1H. The highest BCUT2D eigenvalue weighted by molar-refractivity contribution is 5.94. The SMILES string of the molecule is CNCCC1CCN(C(=O)c2cccc(C)c2)CC1.Cl. The lowest BCUT2D eigenvalue weighted by atomic mass is 9.93. The average Bonchev–Trinajstić information content (AvgIpc) is 2.45. The molecule has 1 aliphatic heterocycles. The van der Waals surface area contributed by atoms with Crippen LogP contribution < -0.4 is 5.32 Å². The fourth-order valence-electron chi connectivity index (χ4n) is 2.73. The van der Waals surface area contributed by atoms with Gasteiger partial charge < -0.3 is 10.2 Å². The molecule has 0 atom stereocenters. The Morgan fingerprint density at radius 3 is 2.65 bits per heavy atom. The second-order valence-corrected chi connectivity index (χ2v) is 5.50. The molecule has 0 bridgehead atoms. The Hall–Kier alpha value is -1.06. The van der Waals surface area contributed by atoms with Gasteiger partial charge in [0.1, 0.15) is 0 Å². The average molecular weight is 297 g/mol. The van der Waals surface area contributed by atoms with E-state index < -0.39 is 0 Å². The largest absolute Gasteiger partial charge is 0.339 e. The van der Waals surface area contributed by atoms with Crippen LogP contribution in [0.5, 0.6) is 0 Å². The monoisotopic (exact) mass is 296 g/mol. The molecule has 0 unspecified atom stereocenters. The molecular formula is C16H25ClN2O. The Morgan fingerprint density at radius 2 is 2.05 bits per heavy atom. The molecule has 1 saturated heterocycles. The van der Waals surface area contributed by atoms with E-state index in [1.807, 2.05) is 43.1 Å². The Bertz CT molecular complexity index is 428. The molecule has 1 aliphatic rings. The summed E-state index contributed by atoms with van der Waals surface area (Å²) in [6.45, 7) is 4.92. The van der Waals surface area contributed by atoms with Crippen LogP contribution in [0.25, 0.3) is 0 Å². The number of rotatable bonds is 4. The summed E-state index contributed by atoms with van der Waals surface area (Å²) >= 11 is 0. The first kappa shape index (κ1) is 17.0. The summed E-state index contributed by atoms with van der Waals surface area (Å²) in [7, 11) is 2.00. The highest BCUT2D eigenvalue weighted by Gasteiger charge is 2.23. The van der Waals surface area contributed by atoms with Gasteiger partial charge in [-0.05, 0) is 57.8 Å². The smallest absolute Gasteiger partial charge is 0.253 e. The number of carbonyl (C=O) groups excluding carboxylic acids is 1. The second-order valence-electron chi connectivity index (χ2n) is 5.50. The molecule has 112 valence electrons. The van der Waals surface area contributed by atoms with E-state index in [-0.39, 0.29) is 18.3 Å². The predicted octanol–water partition coefficient (Wildman–Crippen LogP) is 2.88. The summed E-state index contributed by atoms with van der Waals surface area (Å²) in [5.41, 5.74) is 1.98. The summed E-state index contributed by atoms with van der Waals surface area (Å²) in [5.74, 6) is 0.963. The topological polar surface area (TPSA) is 32.3 Å². The summed E-state index contributed by atoms with van der Waals surface area (Å²) in [6.07, 6.45) is 3.50. The maximum Gasteiger partial charge on any atom is 0.253 e. The number of likely N-dealkylation sites (tertiary alicyclic amines) is 1. The number of benzene rings is 1. The van der Waals surface area contributed by atoms with Crippen LogP contribution in [-0.4, -0.2) is 37.5 Å². The van der Waals surface area contributed by atoms with Gasteiger partial charge in [0.05, 0.1) is 0 Å². The number of nitrogens with zero attached hydrogens (tertiary/aromatic N) is 1. The van der Waals surface area contributed by atoms with E-state index in [1.54, 1.807) is 0 Å². The molecule has 4 heteroatoms. The lowest BCUT2D eigenvalue weighted by Gasteiger charge is -2.32. The summed E-state index contributed by atoms with van der Waals surface area (Å²) < 4.78 is 0. The van der Waals surface area contributed by atoms with Crippen molar-refractivity contribution >= 4 is 18.3 Å². The lowest BCUT2D eigenvalue weighted by Crippen LogP contribution is -2.39. The minimum atomic E-state index is 0. The van der Waals surface area contributed by atoms with Gasteiger partial charge in [0.15, 0.2) is 0 Å². The van der Waals surface area contributed by atoms with Gasteiger partial charge in [-0.15, -0.1) is 12.4 Å². The Balaban J connectivity index is 0.00000200. The number of nitrogens with one attached hydrogen (secondary N) is 1. The van der Waals surface area contributed by atoms with Crippen LogP contribution in [0, 0.1) is 12.8 Å². The molecule has 2 rings (SSSR count). The number of aryl methyl sites for hydroxylation is 1. The molecule has 0 aromatic heterocycles. The molecule has 0 radical (unpaired) electrons. The zero-order chi connectivity index (χ0) is 13.7. The van der Waals surface area contributed by atoms with Gasteiger partial charge in [0.25, 0.3) is 5.91 Å². The van der Waals surface area contributed by atoms with Crippen molar-refractivity contribution in [1.29, 1.82) is 0 Å². The minimum absolute atomic E-state index is 0. The van der Waals surface area contributed by atoms with Crippen molar-refractivity contribution in [2.45, 2.75) is 26.2 Å². The molecular weight excluding hydrogens is 272 g/mol. The van der Waals surface area contributed by atoms with Crippen molar-refractivity contribution in [3.63, 3.8) is 0 Å². The molecule has 1 amide bonds. The molecule has 0 spiro atoms. The number of halogens is 1. The second kappa shape index (κ2) is 8.28. The first-order valence-corrected chi connectivity index (χ1v) is 7.21. The highest BCUT2D eigenvalue weighted by Crippen LogP contribution is 2.21. The quantitative estimate of drug-likeness (QED) is 0.926. The van der Waals surface area contributed by atoms with E-state index in [4.69, 9.17) is 0 Å². The molecule has 1 heterocycles. The van der Waals surface area contributed by atoms with Crippen molar-refractivity contribution in [1.82, 2.24) is 10.2 Å². The summed E-state index contributed by atoms with van der Waals surface area (Å²) in [6, 6.07) is 7.89. The Labute approximate surface area is 128 Å². The minimum Gasteiger partial charge on any atom is -0.339 e. The van der Waals surface area contributed by atoms with Gasteiger partial charge in [0.2, 0.25) is 0 Å². The number of carbonyl (C=O) groups is 1.